The second-order valence-electron chi connectivity index (χ2n) is 3.81. The van der Waals surface area contributed by atoms with Crippen molar-refractivity contribution in [2.45, 2.75) is 6.42 Å². The molecule has 88 valence electrons. The van der Waals surface area contributed by atoms with Crippen LogP contribution in [0.15, 0.2) is 24.3 Å². The van der Waals surface area contributed by atoms with Gasteiger partial charge in [0, 0.05) is 12.1 Å². The third-order valence-corrected chi connectivity index (χ3v) is 2.30. The van der Waals surface area contributed by atoms with Crippen molar-refractivity contribution in [1.82, 2.24) is 4.90 Å². The Morgan fingerprint density at radius 2 is 2.19 bits per heavy atom. The van der Waals surface area contributed by atoms with Crippen LogP contribution in [-0.4, -0.2) is 37.4 Å². The number of hydrogen-bond acceptors (Lipinski definition) is 3. The molecule has 0 unspecified atom stereocenters. The Balaban J connectivity index is 2.42. The topological polar surface area (TPSA) is 29.5 Å². The van der Waals surface area contributed by atoms with Crippen LogP contribution >= 0.6 is 11.6 Å². The highest BCUT2D eigenvalue weighted by molar-refractivity contribution is 6.67. The van der Waals surface area contributed by atoms with Crippen molar-refractivity contribution in [3.63, 3.8) is 0 Å². The summed E-state index contributed by atoms with van der Waals surface area (Å²) in [5, 5.41) is -0.459. The Morgan fingerprint density at radius 3 is 2.81 bits per heavy atom. The van der Waals surface area contributed by atoms with Gasteiger partial charge in [-0.1, -0.05) is 6.07 Å². The highest BCUT2D eigenvalue weighted by Crippen LogP contribution is 2.14. The summed E-state index contributed by atoms with van der Waals surface area (Å²) in [4.78, 5) is 13.0. The molecule has 0 saturated carbocycles. The fourth-order valence-electron chi connectivity index (χ4n) is 1.28. The van der Waals surface area contributed by atoms with E-state index >= 15 is 0 Å². The van der Waals surface area contributed by atoms with Gasteiger partial charge in [0.05, 0.1) is 6.61 Å². The zero-order chi connectivity index (χ0) is 12.0. The molecule has 0 bridgehead atoms. The first-order valence-corrected chi connectivity index (χ1v) is 5.55. The molecule has 0 radical (unpaired) electrons. The molecule has 0 aliphatic heterocycles. The molecule has 1 aromatic rings. The van der Waals surface area contributed by atoms with E-state index in [0.717, 1.165) is 13.0 Å². The number of hydrogen-bond donors (Lipinski definition) is 0. The third kappa shape index (κ3) is 4.64. The first-order valence-electron chi connectivity index (χ1n) is 5.17. The maximum atomic E-state index is 10.9. The normalized spacial score (nSPS) is 10.5. The van der Waals surface area contributed by atoms with Gasteiger partial charge in [-0.25, -0.2) is 0 Å². The average Bonchev–Trinajstić information content (AvgIpc) is 2.24. The molecular formula is C12H16ClNO2. The summed E-state index contributed by atoms with van der Waals surface area (Å²) in [6.07, 6.45) is 0.950. The monoisotopic (exact) mass is 241 g/mol. The summed E-state index contributed by atoms with van der Waals surface area (Å²) >= 11 is 5.38. The van der Waals surface area contributed by atoms with Crippen molar-refractivity contribution < 1.29 is 9.53 Å². The molecule has 1 rings (SSSR count). The predicted molar refractivity (Wildman–Crippen MR) is 65.3 cm³/mol. The van der Waals surface area contributed by atoms with Crippen LogP contribution in [0.1, 0.15) is 16.8 Å². The molecule has 16 heavy (non-hydrogen) atoms. The van der Waals surface area contributed by atoms with Crippen molar-refractivity contribution >= 4 is 16.8 Å². The number of benzene rings is 1. The molecule has 0 aliphatic rings. The van der Waals surface area contributed by atoms with E-state index in [1.165, 1.54) is 0 Å². The predicted octanol–water partition coefficient (Wildman–Crippen LogP) is 2.40. The zero-order valence-corrected chi connectivity index (χ0v) is 10.3. The Bertz CT molecular complexity index is 353. The first kappa shape index (κ1) is 13.0. The van der Waals surface area contributed by atoms with Crippen molar-refractivity contribution in [2.24, 2.45) is 0 Å². The Morgan fingerprint density at radius 1 is 1.44 bits per heavy atom. The number of nitrogens with zero attached hydrogens (tertiary/aromatic N) is 1. The molecule has 0 fully saturated rings. The Labute approximate surface area is 101 Å². The molecule has 0 atom stereocenters. The summed E-state index contributed by atoms with van der Waals surface area (Å²) < 4.78 is 5.51. The number of ether oxygens (including phenoxy) is 1. The van der Waals surface area contributed by atoms with Gasteiger partial charge >= 0.3 is 0 Å². The third-order valence-electron chi connectivity index (χ3n) is 2.08. The zero-order valence-electron chi connectivity index (χ0n) is 9.57. The molecule has 3 nitrogen and oxygen atoms in total. The van der Waals surface area contributed by atoms with Crippen LogP contribution in [0.4, 0.5) is 0 Å². The number of rotatable bonds is 6. The molecule has 0 spiro atoms. The highest BCUT2D eigenvalue weighted by Gasteiger charge is 2.02. The summed E-state index contributed by atoms with van der Waals surface area (Å²) in [6, 6.07) is 6.91. The Hall–Kier alpha value is -1.06. The van der Waals surface area contributed by atoms with Crippen molar-refractivity contribution in [3.8, 4) is 5.75 Å². The number of carbonyl (C=O) groups excluding carboxylic acids is 1. The fourth-order valence-corrected chi connectivity index (χ4v) is 1.40. The van der Waals surface area contributed by atoms with Crippen LogP contribution in [0.5, 0.6) is 5.75 Å². The highest BCUT2D eigenvalue weighted by atomic mass is 35.5. The van der Waals surface area contributed by atoms with E-state index in [1.807, 2.05) is 20.2 Å². The van der Waals surface area contributed by atoms with Crippen molar-refractivity contribution in [2.75, 3.05) is 27.2 Å². The minimum Gasteiger partial charge on any atom is -0.494 e. The quantitative estimate of drug-likeness (QED) is 0.566. The van der Waals surface area contributed by atoms with Gasteiger partial charge in [0.1, 0.15) is 5.75 Å². The van der Waals surface area contributed by atoms with Crippen molar-refractivity contribution in [1.29, 1.82) is 0 Å². The molecule has 0 aliphatic carbocycles. The minimum absolute atomic E-state index is 0.459. The van der Waals surface area contributed by atoms with E-state index in [1.54, 1.807) is 18.2 Å². The van der Waals surface area contributed by atoms with Crippen molar-refractivity contribution in [3.05, 3.63) is 29.8 Å². The molecule has 0 heterocycles. The smallest absolute Gasteiger partial charge is 0.252 e. The van der Waals surface area contributed by atoms with Crippen LogP contribution in [0.25, 0.3) is 0 Å². The molecular weight excluding hydrogens is 226 g/mol. The summed E-state index contributed by atoms with van der Waals surface area (Å²) in [5.41, 5.74) is 0.465. The van der Waals surface area contributed by atoms with Gasteiger partial charge in [0.25, 0.3) is 5.24 Å². The lowest BCUT2D eigenvalue weighted by Crippen LogP contribution is -2.15. The van der Waals surface area contributed by atoms with E-state index in [9.17, 15) is 4.79 Å². The van der Waals surface area contributed by atoms with Gasteiger partial charge in [-0.15, -0.1) is 0 Å². The second-order valence-corrected chi connectivity index (χ2v) is 4.15. The van der Waals surface area contributed by atoms with Crippen LogP contribution in [0.3, 0.4) is 0 Å². The summed E-state index contributed by atoms with van der Waals surface area (Å²) in [7, 11) is 4.04. The van der Waals surface area contributed by atoms with Crippen LogP contribution < -0.4 is 4.74 Å². The van der Waals surface area contributed by atoms with Gasteiger partial charge in [0.2, 0.25) is 0 Å². The van der Waals surface area contributed by atoms with Gasteiger partial charge in [0.15, 0.2) is 0 Å². The number of halogens is 1. The first-order chi connectivity index (χ1) is 7.59. The van der Waals surface area contributed by atoms with Gasteiger partial charge in [-0.3, -0.25) is 4.79 Å². The Kier molecular flexibility index (Phi) is 5.29. The second kappa shape index (κ2) is 6.51. The van der Waals surface area contributed by atoms with Gasteiger partial charge < -0.3 is 9.64 Å². The van der Waals surface area contributed by atoms with Gasteiger partial charge in [-0.2, -0.15) is 0 Å². The molecule has 0 amide bonds. The standard InChI is InChI=1S/C12H16ClNO2/c1-14(2)7-4-8-16-11-6-3-5-10(9-11)12(13)15/h3,5-6,9H,4,7-8H2,1-2H3. The van der Waals surface area contributed by atoms with E-state index < -0.39 is 5.24 Å². The number of carbonyl (C=O) groups is 1. The lowest BCUT2D eigenvalue weighted by atomic mass is 10.2. The van der Waals surface area contributed by atoms with Crippen LogP contribution in [0, 0.1) is 0 Å². The van der Waals surface area contributed by atoms with E-state index in [0.29, 0.717) is 17.9 Å². The fraction of sp³-hybridized carbons (Fsp3) is 0.417. The SMILES string of the molecule is CN(C)CCCOc1cccc(C(=O)Cl)c1. The minimum atomic E-state index is -0.459. The van der Waals surface area contributed by atoms with Crippen LogP contribution in [0.2, 0.25) is 0 Å². The lowest BCUT2D eigenvalue weighted by molar-refractivity contribution is 0.108. The van der Waals surface area contributed by atoms with E-state index in [4.69, 9.17) is 16.3 Å². The average molecular weight is 242 g/mol. The van der Waals surface area contributed by atoms with Gasteiger partial charge in [-0.05, 0) is 50.3 Å². The molecule has 0 aromatic heterocycles. The maximum absolute atomic E-state index is 10.9. The van der Waals surface area contributed by atoms with Crippen LogP contribution in [-0.2, 0) is 0 Å². The maximum Gasteiger partial charge on any atom is 0.252 e. The molecule has 0 saturated heterocycles. The molecule has 4 heteroatoms. The summed E-state index contributed by atoms with van der Waals surface area (Å²) in [6.45, 7) is 1.62. The lowest BCUT2D eigenvalue weighted by Gasteiger charge is -2.10. The molecule has 1 aromatic carbocycles. The van der Waals surface area contributed by atoms with E-state index in [-0.39, 0.29) is 0 Å². The van der Waals surface area contributed by atoms with E-state index in [2.05, 4.69) is 4.90 Å². The molecule has 0 N–H and O–H groups in total. The largest absolute Gasteiger partial charge is 0.494 e. The summed E-state index contributed by atoms with van der Waals surface area (Å²) in [5.74, 6) is 0.685.